The summed E-state index contributed by atoms with van der Waals surface area (Å²) < 4.78 is 0. The van der Waals surface area contributed by atoms with Crippen LogP contribution < -0.4 is 21.1 Å². The fourth-order valence-electron chi connectivity index (χ4n) is 3.44. The van der Waals surface area contributed by atoms with Crippen LogP contribution in [0.1, 0.15) is 26.2 Å². The second-order valence-corrected chi connectivity index (χ2v) is 7.11. The molecule has 9 nitrogen and oxygen atoms in total. The van der Waals surface area contributed by atoms with E-state index in [4.69, 9.17) is 11.6 Å². The molecule has 0 aliphatic carbocycles. The number of carbonyl (C=O) groups excluding carboxylic acids is 2. The lowest BCUT2D eigenvalue weighted by molar-refractivity contribution is -0.129. The standard InChI is InChI=1S/C16H23ClN6O3/c1-10(24)22-5-2-11(3-6-22)19-16(26)20-12-4-7-23(9-12)13-8-18-21-15(25)14(13)17/h8,11-12H,2-7,9H2,1H3,(H,21,25)(H2,19,20,26)/t12-/m1/s1. The van der Waals surface area contributed by atoms with E-state index in [-0.39, 0.29) is 29.0 Å². The topological polar surface area (TPSA) is 110 Å². The number of H-pyrrole nitrogens is 1. The molecule has 1 atom stereocenters. The van der Waals surface area contributed by atoms with Crippen molar-refractivity contribution < 1.29 is 9.59 Å². The summed E-state index contributed by atoms with van der Waals surface area (Å²) in [6, 6.07) is -0.148. The number of nitrogens with zero attached hydrogens (tertiary/aromatic N) is 3. The highest BCUT2D eigenvalue weighted by Gasteiger charge is 2.27. The van der Waals surface area contributed by atoms with Crippen molar-refractivity contribution >= 4 is 29.2 Å². The highest BCUT2D eigenvalue weighted by molar-refractivity contribution is 6.33. The highest BCUT2D eigenvalue weighted by atomic mass is 35.5. The zero-order chi connectivity index (χ0) is 18.7. The van der Waals surface area contributed by atoms with Gasteiger partial charge in [-0.3, -0.25) is 9.59 Å². The van der Waals surface area contributed by atoms with Gasteiger partial charge >= 0.3 is 6.03 Å². The molecule has 142 valence electrons. The first-order valence-corrected chi connectivity index (χ1v) is 9.12. The molecule has 2 aliphatic rings. The van der Waals surface area contributed by atoms with Crippen LogP contribution in [-0.4, -0.2) is 65.3 Å². The lowest BCUT2D eigenvalue weighted by atomic mass is 10.1. The van der Waals surface area contributed by atoms with Crippen molar-refractivity contribution in [3.8, 4) is 0 Å². The highest BCUT2D eigenvalue weighted by Crippen LogP contribution is 2.24. The van der Waals surface area contributed by atoms with E-state index < -0.39 is 5.56 Å². The molecule has 0 radical (unpaired) electrons. The van der Waals surface area contributed by atoms with Crippen LogP contribution in [0.5, 0.6) is 0 Å². The first kappa shape index (κ1) is 18.5. The van der Waals surface area contributed by atoms with E-state index in [1.165, 1.54) is 6.20 Å². The van der Waals surface area contributed by atoms with Crippen molar-refractivity contribution in [2.75, 3.05) is 31.1 Å². The van der Waals surface area contributed by atoms with Gasteiger partial charge < -0.3 is 20.4 Å². The van der Waals surface area contributed by atoms with Crippen LogP contribution in [0.2, 0.25) is 5.02 Å². The van der Waals surface area contributed by atoms with E-state index in [0.717, 1.165) is 19.3 Å². The number of hydrogen-bond donors (Lipinski definition) is 3. The summed E-state index contributed by atoms with van der Waals surface area (Å²) in [7, 11) is 0. The normalized spacial score (nSPS) is 20.9. The molecule has 1 aromatic heterocycles. The molecule has 2 saturated heterocycles. The van der Waals surface area contributed by atoms with Gasteiger partial charge in [-0.2, -0.15) is 5.10 Å². The lowest BCUT2D eigenvalue weighted by Crippen LogP contribution is -2.51. The Labute approximate surface area is 156 Å². The van der Waals surface area contributed by atoms with Gasteiger partial charge in [0.05, 0.1) is 11.9 Å². The molecular weight excluding hydrogens is 360 g/mol. The minimum Gasteiger partial charge on any atom is -0.367 e. The van der Waals surface area contributed by atoms with Gasteiger partial charge in [-0.15, -0.1) is 0 Å². The molecule has 3 heterocycles. The number of nitrogens with one attached hydrogen (secondary N) is 3. The van der Waals surface area contributed by atoms with E-state index in [1.54, 1.807) is 11.8 Å². The maximum Gasteiger partial charge on any atom is 0.315 e. The summed E-state index contributed by atoms with van der Waals surface area (Å²) >= 11 is 6.04. The van der Waals surface area contributed by atoms with E-state index in [1.807, 2.05) is 4.90 Å². The van der Waals surface area contributed by atoms with Crippen LogP contribution in [0, 0.1) is 0 Å². The van der Waals surface area contributed by atoms with Gasteiger partial charge in [0.1, 0.15) is 5.02 Å². The van der Waals surface area contributed by atoms with Crippen molar-refractivity contribution in [3.63, 3.8) is 0 Å². The Morgan fingerprint density at radius 3 is 2.54 bits per heavy atom. The molecule has 0 saturated carbocycles. The van der Waals surface area contributed by atoms with Gasteiger partial charge in [0.2, 0.25) is 5.91 Å². The average Bonchev–Trinajstić information content (AvgIpc) is 3.05. The van der Waals surface area contributed by atoms with Crippen LogP contribution in [0.25, 0.3) is 0 Å². The van der Waals surface area contributed by atoms with Crippen LogP contribution in [0.15, 0.2) is 11.0 Å². The molecule has 3 rings (SSSR count). The number of urea groups is 1. The van der Waals surface area contributed by atoms with Crippen molar-refractivity contribution in [1.29, 1.82) is 0 Å². The van der Waals surface area contributed by atoms with Crippen LogP contribution in [-0.2, 0) is 4.79 Å². The third-order valence-electron chi connectivity index (χ3n) is 4.92. The van der Waals surface area contributed by atoms with Crippen molar-refractivity contribution in [2.45, 2.75) is 38.3 Å². The van der Waals surface area contributed by atoms with Crippen molar-refractivity contribution in [3.05, 3.63) is 21.6 Å². The third-order valence-corrected chi connectivity index (χ3v) is 5.28. The van der Waals surface area contributed by atoms with Gasteiger partial charge in [0.25, 0.3) is 5.56 Å². The first-order valence-electron chi connectivity index (χ1n) is 8.74. The van der Waals surface area contributed by atoms with E-state index in [9.17, 15) is 14.4 Å². The summed E-state index contributed by atoms with van der Waals surface area (Å²) in [6.45, 7) is 4.17. The first-order chi connectivity index (χ1) is 12.4. The van der Waals surface area contributed by atoms with Crippen molar-refractivity contribution in [2.24, 2.45) is 0 Å². The maximum absolute atomic E-state index is 12.2. The van der Waals surface area contributed by atoms with Crippen molar-refractivity contribution in [1.82, 2.24) is 25.7 Å². The minimum absolute atomic E-state index is 0.0253. The molecule has 3 N–H and O–H groups in total. The lowest BCUT2D eigenvalue weighted by Gasteiger charge is -2.32. The molecule has 2 fully saturated rings. The fraction of sp³-hybridized carbons (Fsp3) is 0.625. The Hall–Kier alpha value is -2.29. The third kappa shape index (κ3) is 4.27. The number of carbonyl (C=O) groups is 2. The monoisotopic (exact) mass is 382 g/mol. The average molecular weight is 383 g/mol. The molecule has 0 bridgehead atoms. The summed E-state index contributed by atoms with van der Waals surface area (Å²) in [5.41, 5.74) is 0.159. The summed E-state index contributed by atoms with van der Waals surface area (Å²) in [5.74, 6) is 0.0758. The second-order valence-electron chi connectivity index (χ2n) is 6.73. The Bertz CT molecular complexity index is 731. The van der Waals surface area contributed by atoms with E-state index >= 15 is 0 Å². The number of anilines is 1. The SMILES string of the molecule is CC(=O)N1CCC(NC(=O)N[C@@H]2CCN(c3cn[nH]c(=O)c3Cl)C2)CC1. The Kier molecular flexibility index (Phi) is 5.65. The fourth-order valence-corrected chi connectivity index (χ4v) is 3.65. The number of aromatic amines is 1. The Morgan fingerprint density at radius 2 is 1.85 bits per heavy atom. The number of amides is 3. The molecule has 26 heavy (non-hydrogen) atoms. The van der Waals surface area contributed by atoms with Crippen LogP contribution in [0.3, 0.4) is 0 Å². The van der Waals surface area contributed by atoms with Gasteiger partial charge in [0, 0.05) is 45.2 Å². The second kappa shape index (κ2) is 7.94. The number of aromatic nitrogens is 2. The largest absolute Gasteiger partial charge is 0.367 e. The van der Waals surface area contributed by atoms with Gasteiger partial charge in [-0.1, -0.05) is 11.6 Å². The summed E-state index contributed by atoms with van der Waals surface area (Å²) in [5, 5.41) is 12.1. The Morgan fingerprint density at radius 1 is 1.19 bits per heavy atom. The minimum atomic E-state index is -0.421. The number of likely N-dealkylation sites (tertiary alicyclic amines) is 1. The Balaban J connectivity index is 1.47. The molecule has 0 unspecified atom stereocenters. The quantitative estimate of drug-likeness (QED) is 0.697. The number of piperidine rings is 1. The maximum atomic E-state index is 12.2. The number of halogens is 1. The zero-order valence-corrected chi connectivity index (χ0v) is 15.4. The van der Waals surface area contributed by atoms with E-state index in [0.29, 0.717) is 31.9 Å². The molecule has 0 spiro atoms. The number of hydrogen-bond acceptors (Lipinski definition) is 5. The number of rotatable bonds is 3. The smallest absolute Gasteiger partial charge is 0.315 e. The van der Waals surface area contributed by atoms with E-state index in [2.05, 4.69) is 20.8 Å². The van der Waals surface area contributed by atoms with Gasteiger partial charge in [0.15, 0.2) is 0 Å². The molecule has 0 aromatic carbocycles. The van der Waals surface area contributed by atoms with Crippen LogP contribution >= 0.6 is 11.6 Å². The molecule has 1 aromatic rings. The molecule has 10 heteroatoms. The molecular formula is C16H23ClN6O3. The molecule has 2 aliphatic heterocycles. The van der Waals surface area contributed by atoms with Gasteiger partial charge in [-0.25, -0.2) is 9.89 Å². The van der Waals surface area contributed by atoms with Gasteiger partial charge in [-0.05, 0) is 19.3 Å². The predicted molar refractivity (Wildman–Crippen MR) is 97.4 cm³/mol. The predicted octanol–water partition coefficient (Wildman–Crippen LogP) is 0.312. The van der Waals surface area contributed by atoms with Crippen LogP contribution in [0.4, 0.5) is 10.5 Å². The summed E-state index contributed by atoms with van der Waals surface area (Å²) in [6.07, 6.45) is 3.81. The zero-order valence-electron chi connectivity index (χ0n) is 14.6. The molecule has 3 amide bonds. The summed E-state index contributed by atoms with van der Waals surface area (Å²) in [4.78, 5) is 38.9.